The molecule has 2 aliphatic heterocycles. The topological polar surface area (TPSA) is 151 Å². The Morgan fingerprint density at radius 2 is 1.00 bits per heavy atom. The van der Waals surface area contributed by atoms with Crippen LogP contribution < -0.4 is 21.3 Å². The maximum atomic E-state index is 12.3. The maximum Gasteiger partial charge on any atom is 0.328 e. The monoisotopic (exact) mass is 422 g/mol. The second-order valence-electron chi connectivity index (χ2n) is 5.65. The molecular weight excluding hydrogens is 412 g/mol. The van der Waals surface area contributed by atoms with E-state index in [1.54, 1.807) is 12.1 Å². The first-order chi connectivity index (χ1) is 12.3. The van der Waals surface area contributed by atoms with E-state index in [1.165, 1.54) is 12.1 Å². The third-order valence-corrected chi connectivity index (χ3v) is 4.58. The summed E-state index contributed by atoms with van der Waals surface area (Å²) in [6.45, 7) is 0. The number of urea groups is 2. The van der Waals surface area contributed by atoms with E-state index in [-0.39, 0.29) is 0 Å². The van der Waals surface area contributed by atoms with Crippen LogP contribution in [0.15, 0.2) is 28.7 Å². The van der Waals surface area contributed by atoms with Gasteiger partial charge in [-0.3, -0.25) is 40.4 Å². The molecule has 8 amide bonds. The van der Waals surface area contributed by atoms with Gasteiger partial charge in [-0.25, -0.2) is 9.59 Å². The molecular formula is C15H11BrN4O6. The Morgan fingerprint density at radius 3 is 1.35 bits per heavy atom. The molecule has 26 heavy (non-hydrogen) atoms. The highest BCUT2D eigenvalue weighted by Crippen LogP contribution is 2.35. The number of benzene rings is 1. The average Bonchev–Trinajstić information content (AvgIpc) is 2.52. The zero-order chi connectivity index (χ0) is 19.0. The van der Waals surface area contributed by atoms with E-state index in [9.17, 15) is 28.8 Å². The summed E-state index contributed by atoms with van der Waals surface area (Å²) in [7, 11) is 0. The summed E-state index contributed by atoms with van der Waals surface area (Å²) in [5.41, 5.74) is 0.336. The molecule has 0 atom stereocenters. The third-order valence-electron chi connectivity index (χ3n) is 4.05. The predicted molar refractivity (Wildman–Crippen MR) is 87.2 cm³/mol. The molecule has 0 aromatic heterocycles. The van der Waals surface area contributed by atoms with Crippen molar-refractivity contribution in [3.05, 3.63) is 34.3 Å². The third kappa shape index (κ3) is 3.20. The van der Waals surface area contributed by atoms with Gasteiger partial charge in [-0.05, 0) is 17.7 Å². The quantitative estimate of drug-likeness (QED) is 0.482. The Hall–Kier alpha value is -3.08. The Balaban J connectivity index is 2.09. The molecule has 2 saturated heterocycles. The predicted octanol–water partition coefficient (Wildman–Crippen LogP) is -0.503. The summed E-state index contributed by atoms with van der Waals surface area (Å²) >= 11 is 3.24. The van der Waals surface area contributed by atoms with Gasteiger partial charge in [-0.15, -0.1) is 0 Å². The van der Waals surface area contributed by atoms with Crippen molar-refractivity contribution >= 4 is 51.6 Å². The van der Waals surface area contributed by atoms with Crippen LogP contribution in [0.5, 0.6) is 0 Å². The van der Waals surface area contributed by atoms with Crippen LogP contribution in [0.25, 0.3) is 0 Å². The van der Waals surface area contributed by atoms with Crippen LogP contribution in [-0.4, -0.2) is 35.7 Å². The number of amides is 8. The van der Waals surface area contributed by atoms with E-state index in [4.69, 9.17) is 0 Å². The Labute approximate surface area is 154 Å². The van der Waals surface area contributed by atoms with E-state index in [0.717, 1.165) is 0 Å². The second kappa shape index (κ2) is 6.67. The number of hydrogen-bond donors (Lipinski definition) is 4. The van der Waals surface area contributed by atoms with E-state index < -0.39 is 53.4 Å². The standard InChI is InChI=1S/C15H11BrN4O6/c16-6-3-1-5(2-4-6)7(8-10(21)17-14(25)18-11(8)22)9-12(23)19-15(26)20-13(9)24/h1-4,7-9H,(H2,17,18,21,22,25)(H2,19,20,23,24,26). The minimum atomic E-state index is -1.52. The Morgan fingerprint density at radius 1 is 0.654 bits per heavy atom. The first-order valence-electron chi connectivity index (χ1n) is 7.35. The fourth-order valence-corrected chi connectivity index (χ4v) is 3.24. The lowest BCUT2D eigenvalue weighted by atomic mass is 9.74. The molecule has 0 bridgehead atoms. The van der Waals surface area contributed by atoms with Gasteiger partial charge in [-0.1, -0.05) is 28.1 Å². The van der Waals surface area contributed by atoms with Gasteiger partial charge in [0.05, 0.1) is 0 Å². The van der Waals surface area contributed by atoms with Gasteiger partial charge in [0, 0.05) is 10.4 Å². The number of hydrogen-bond acceptors (Lipinski definition) is 6. The molecule has 11 heteroatoms. The van der Waals surface area contributed by atoms with Gasteiger partial charge < -0.3 is 0 Å². The van der Waals surface area contributed by atoms with E-state index >= 15 is 0 Å². The number of imide groups is 4. The largest absolute Gasteiger partial charge is 0.328 e. The van der Waals surface area contributed by atoms with Crippen LogP contribution in [0.4, 0.5) is 9.59 Å². The van der Waals surface area contributed by atoms with E-state index in [2.05, 4.69) is 15.9 Å². The van der Waals surface area contributed by atoms with Gasteiger partial charge >= 0.3 is 12.1 Å². The van der Waals surface area contributed by atoms with Gasteiger partial charge in [-0.2, -0.15) is 0 Å². The molecule has 2 heterocycles. The maximum absolute atomic E-state index is 12.3. The van der Waals surface area contributed by atoms with Crippen LogP contribution in [0.1, 0.15) is 11.5 Å². The van der Waals surface area contributed by atoms with Crippen LogP contribution in [0.3, 0.4) is 0 Å². The smallest absolute Gasteiger partial charge is 0.277 e. The zero-order valence-electron chi connectivity index (χ0n) is 12.9. The van der Waals surface area contributed by atoms with Gasteiger partial charge in [0.25, 0.3) is 0 Å². The lowest BCUT2D eigenvalue weighted by molar-refractivity contribution is -0.141. The molecule has 2 aliphatic rings. The van der Waals surface area contributed by atoms with Crippen molar-refractivity contribution in [3.63, 3.8) is 0 Å². The Bertz CT molecular complexity index is 764. The van der Waals surface area contributed by atoms with Gasteiger partial charge in [0.1, 0.15) is 11.8 Å². The first-order valence-corrected chi connectivity index (χ1v) is 8.14. The lowest BCUT2D eigenvalue weighted by Gasteiger charge is -2.34. The first kappa shape index (κ1) is 17.7. The van der Waals surface area contributed by atoms with Crippen molar-refractivity contribution in [1.29, 1.82) is 0 Å². The highest BCUT2D eigenvalue weighted by molar-refractivity contribution is 9.10. The molecule has 4 N–H and O–H groups in total. The van der Waals surface area contributed by atoms with Crippen LogP contribution in [0, 0.1) is 11.8 Å². The van der Waals surface area contributed by atoms with Crippen molar-refractivity contribution in [2.75, 3.05) is 0 Å². The molecule has 10 nitrogen and oxygen atoms in total. The summed E-state index contributed by atoms with van der Waals surface area (Å²) in [6, 6.07) is 4.30. The number of rotatable bonds is 3. The van der Waals surface area contributed by atoms with Crippen molar-refractivity contribution < 1.29 is 28.8 Å². The van der Waals surface area contributed by atoms with Crippen LogP contribution in [0.2, 0.25) is 0 Å². The zero-order valence-corrected chi connectivity index (χ0v) is 14.5. The molecule has 3 rings (SSSR count). The molecule has 0 spiro atoms. The summed E-state index contributed by atoms with van der Waals surface area (Å²) in [4.78, 5) is 71.8. The number of barbiturate groups is 2. The molecule has 134 valence electrons. The summed E-state index contributed by atoms with van der Waals surface area (Å²) in [5.74, 6) is -8.04. The average molecular weight is 423 g/mol. The van der Waals surface area contributed by atoms with E-state index in [1.807, 2.05) is 21.3 Å². The molecule has 0 aliphatic carbocycles. The molecule has 2 fully saturated rings. The van der Waals surface area contributed by atoms with Crippen LogP contribution in [-0.2, 0) is 19.2 Å². The van der Waals surface area contributed by atoms with E-state index in [0.29, 0.717) is 10.0 Å². The Kier molecular flexibility index (Phi) is 4.55. The molecule has 1 aromatic rings. The fourth-order valence-electron chi connectivity index (χ4n) is 2.97. The number of carbonyl (C=O) groups is 6. The van der Waals surface area contributed by atoms with Gasteiger partial charge in [0.15, 0.2) is 0 Å². The second-order valence-corrected chi connectivity index (χ2v) is 6.56. The summed E-state index contributed by atoms with van der Waals surface area (Å²) < 4.78 is 0.695. The normalized spacial score (nSPS) is 19.2. The summed E-state index contributed by atoms with van der Waals surface area (Å²) in [5, 5.41) is 7.80. The lowest BCUT2D eigenvalue weighted by Crippen LogP contribution is -2.62. The molecule has 1 aromatic carbocycles. The van der Waals surface area contributed by atoms with Crippen molar-refractivity contribution in [3.8, 4) is 0 Å². The number of carbonyl (C=O) groups excluding carboxylic acids is 6. The minimum Gasteiger partial charge on any atom is -0.277 e. The minimum absolute atomic E-state index is 0.336. The SMILES string of the molecule is O=C1NC(=O)C(C(c2ccc(Br)cc2)C2C(=O)NC(=O)NC2=O)C(=O)N1. The summed E-state index contributed by atoms with van der Waals surface area (Å²) in [6.07, 6.45) is 0. The fraction of sp³-hybridized carbons (Fsp3) is 0.200. The number of nitrogens with one attached hydrogen (secondary N) is 4. The van der Waals surface area contributed by atoms with Crippen molar-refractivity contribution in [2.24, 2.45) is 11.8 Å². The highest BCUT2D eigenvalue weighted by Gasteiger charge is 2.50. The molecule has 0 radical (unpaired) electrons. The number of halogens is 1. The van der Waals surface area contributed by atoms with Crippen molar-refractivity contribution in [2.45, 2.75) is 5.92 Å². The van der Waals surface area contributed by atoms with Crippen molar-refractivity contribution in [1.82, 2.24) is 21.3 Å². The van der Waals surface area contributed by atoms with Crippen LogP contribution >= 0.6 is 15.9 Å². The highest BCUT2D eigenvalue weighted by atomic mass is 79.9. The molecule has 0 unspecified atom stereocenters. The van der Waals surface area contributed by atoms with Gasteiger partial charge in [0.2, 0.25) is 23.6 Å². The molecule has 0 saturated carbocycles.